The summed E-state index contributed by atoms with van der Waals surface area (Å²) < 4.78 is 0. The van der Waals surface area contributed by atoms with Crippen molar-refractivity contribution in [3.05, 3.63) is 29.6 Å². The Labute approximate surface area is 96.7 Å². The summed E-state index contributed by atoms with van der Waals surface area (Å²) in [5, 5.41) is 8.96. The van der Waals surface area contributed by atoms with Crippen molar-refractivity contribution in [2.45, 2.75) is 32.4 Å². The summed E-state index contributed by atoms with van der Waals surface area (Å²) in [7, 11) is 2.12. The maximum Gasteiger partial charge on any atom is 0.144 e. The number of hydrogen-bond donors (Lipinski definition) is 0. The monoisotopic (exact) mass is 215 g/mol. The Balaban J connectivity index is 2.05. The van der Waals surface area contributed by atoms with E-state index in [4.69, 9.17) is 5.26 Å². The minimum Gasteiger partial charge on any atom is -0.299 e. The van der Waals surface area contributed by atoms with Crippen molar-refractivity contribution in [3.63, 3.8) is 0 Å². The molecular formula is C13H17N3. The van der Waals surface area contributed by atoms with Gasteiger partial charge in [0.1, 0.15) is 11.8 Å². The maximum atomic E-state index is 8.96. The lowest BCUT2D eigenvalue weighted by Gasteiger charge is -2.24. The van der Waals surface area contributed by atoms with Crippen LogP contribution >= 0.6 is 0 Å². The highest BCUT2D eigenvalue weighted by Crippen LogP contribution is 2.35. The van der Waals surface area contributed by atoms with E-state index in [1.54, 1.807) is 6.20 Å². The zero-order valence-corrected chi connectivity index (χ0v) is 9.85. The van der Waals surface area contributed by atoms with Crippen LogP contribution in [-0.4, -0.2) is 23.0 Å². The Morgan fingerprint density at radius 2 is 2.38 bits per heavy atom. The van der Waals surface area contributed by atoms with Crippen molar-refractivity contribution in [3.8, 4) is 6.07 Å². The largest absolute Gasteiger partial charge is 0.299 e. The molecule has 1 fully saturated rings. The third-order valence-electron chi connectivity index (χ3n) is 3.42. The molecule has 1 aliphatic carbocycles. The molecule has 0 aromatic carbocycles. The minimum atomic E-state index is 0.553. The Bertz CT molecular complexity index is 404. The molecule has 3 nitrogen and oxygen atoms in total. The first kappa shape index (κ1) is 11.1. The van der Waals surface area contributed by atoms with Gasteiger partial charge in [-0.3, -0.25) is 4.90 Å². The van der Waals surface area contributed by atoms with E-state index in [9.17, 15) is 0 Å². The van der Waals surface area contributed by atoms with Gasteiger partial charge in [-0.25, -0.2) is 4.98 Å². The average molecular weight is 215 g/mol. The molecule has 0 spiro atoms. The fraction of sp³-hybridized carbons (Fsp3) is 0.538. The molecule has 3 heteroatoms. The number of rotatable bonds is 4. The predicted molar refractivity (Wildman–Crippen MR) is 62.6 cm³/mol. The molecule has 1 saturated carbocycles. The Morgan fingerprint density at radius 1 is 1.62 bits per heavy atom. The molecule has 84 valence electrons. The first-order chi connectivity index (χ1) is 7.72. The number of aromatic nitrogens is 1. The maximum absolute atomic E-state index is 8.96. The van der Waals surface area contributed by atoms with Gasteiger partial charge in [0, 0.05) is 24.3 Å². The quantitative estimate of drug-likeness (QED) is 0.773. The summed E-state index contributed by atoms with van der Waals surface area (Å²) in [6.07, 6.45) is 4.37. The Morgan fingerprint density at radius 3 is 3.00 bits per heavy atom. The molecule has 0 radical (unpaired) electrons. The van der Waals surface area contributed by atoms with E-state index in [1.165, 1.54) is 12.8 Å². The summed E-state index contributed by atoms with van der Waals surface area (Å²) in [6, 6.07) is 6.63. The number of nitriles is 1. The summed E-state index contributed by atoms with van der Waals surface area (Å²) >= 11 is 0. The van der Waals surface area contributed by atoms with Crippen molar-refractivity contribution in [1.82, 2.24) is 9.88 Å². The van der Waals surface area contributed by atoms with Crippen LogP contribution in [-0.2, 0) is 6.54 Å². The standard InChI is InChI=1S/C13H17N3/c1-10(11-5-6-11)16(2)9-12-4-3-7-15-13(12)8-14/h3-4,7,10-11H,5-6,9H2,1-2H3. The van der Waals surface area contributed by atoms with Crippen LogP contribution in [0.15, 0.2) is 18.3 Å². The van der Waals surface area contributed by atoms with Gasteiger partial charge in [-0.2, -0.15) is 5.26 Å². The van der Waals surface area contributed by atoms with Gasteiger partial charge in [0.25, 0.3) is 0 Å². The van der Waals surface area contributed by atoms with Crippen molar-refractivity contribution in [2.75, 3.05) is 7.05 Å². The normalized spacial score (nSPS) is 17.1. The van der Waals surface area contributed by atoms with Gasteiger partial charge in [0.2, 0.25) is 0 Å². The summed E-state index contributed by atoms with van der Waals surface area (Å²) in [5.74, 6) is 0.854. The zero-order valence-electron chi connectivity index (χ0n) is 9.85. The van der Waals surface area contributed by atoms with Crippen LogP contribution in [0.3, 0.4) is 0 Å². The average Bonchev–Trinajstić information content (AvgIpc) is 3.12. The van der Waals surface area contributed by atoms with Crippen molar-refractivity contribution in [2.24, 2.45) is 5.92 Å². The van der Waals surface area contributed by atoms with Gasteiger partial charge < -0.3 is 0 Å². The summed E-state index contributed by atoms with van der Waals surface area (Å²) in [4.78, 5) is 6.40. The molecule has 0 saturated heterocycles. The molecule has 1 aromatic heterocycles. The van der Waals surface area contributed by atoms with Crippen molar-refractivity contribution < 1.29 is 0 Å². The van der Waals surface area contributed by atoms with Crippen LogP contribution < -0.4 is 0 Å². The van der Waals surface area contributed by atoms with Crippen LogP contribution in [0, 0.1) is 17.2 Å². The van der Waals surface area contributed by atoms with E-state index in [-0.39, 0.29) is 0 Å². The molecule has 16 heavy (non-hydrogen) atoms. The highest BCUT2D eigenvalue weighted by atomic mass is 15.1. The van der Waals surface area contributed by atoms with Gasteiger partial charge >= 0.3 is 0 Å². The molecule has 0 aliphatic heterocycles. The van der Waals surface area contributed by atoms with E-state index in [1.807, 2.05) is 12.1 Å². The predicted octanol–water partition coefficient (Wildman–Crippen LogP) is 2.18. The first-order valence-electron chi connectivity index (χ1n) is 5.76. The molecule has 1 aliphatic rings. The molecule has 1 heterocycles. The van der Waals surface area contributed by atoms with Crippen LogP contribution in [0.5, 0.6) is 0 Å². The molecule has 1 atom stereocenters. The lowest BCUT2D eigenvalue weighted by molar-refractivity contribution is 0.226. The van der Waals surface area contributed by atoms with E-state index in [2.05, 4.69) is 29.9 Å². The summed E-state index contributed by atoms with van der Waals surface area (Å²) in [5.41, 5.74) is 1.58. The highest BCUT2D eigenvalue weighted by molar-refractivity contribution is 5.30. The fourth-order valence-corrected chi connectivity index (χ4v) is 2.02. The number of pyridine rings is 1. The van der Waals surface area contributed by atoms with Gasteiger partial charge in [-0.1, -0.05) is 6.07 Å². The van der Waals surface area contributed by atoms with Gasteiger partial charge in [-0.15, -0.1) is 0 Å². The molecule has 0 amide bonds. The van der Waals surface area contributed by atoms with Gasteiger partial charge in [-0.05, 0) is 38.8 Å². The third-order valence-corrected chi connectivity index (χ3v) is 3.42. The topological polar surface area (TPSA) is 39.9 Å². The van der Waals surface area contributed by atoms with Crippen LogP contribution in [0.2, 0.25) is 0 Å². The second-order valence-corrected chi connectivity index (χ2v) is 4.62. The van der Waals surface area contributed by atoms with Crippen molar-refractivity contribution in [1.29, 1.82) is 5.26 Å². The molecule has 2 rings (SSSR count). The Kier molecular flexibility index (Phi) is 3.21. The lowest BCUT2D eigenvalue weighted by Crippen LogP contribution is -2.30. The second kappa shape index (κ2) is 4.63. The van der Waals surface area contributed by atoms with E-state index in [0.29, 0.717) is 11.7 Å². The Hall–Kier alpha value is -1.40. The third kappa shape index (κ3) is 2.40. The van der Waals surface area contributed by atoms with E-state index < -0.39 is 0 Å². The smallest absolute Gasteiger partial charge is 0.144 e. The molecule has 1 aromatic rings. The zero-order chi connectivity index (χ0) is 11.5. The van der Waals surface area contributed by atoms with E-state index >= 15 is 0 Å². The number of nitrogens with zero attached hydrogens (tertiary/aromatic N) is 3. The molecular weight excluding hydrogens is 198 g/mol. The SMILES string of the molecule is CC(C1CC1)N(C)Cc1cccnc1C#N. The van der Waals surface area contributed by atoms with Crippen LogP contribution in [0.1, 0.15) is 31.0 Å². The van der Waals surface area contributed by atoms with E-state index in [0.717, 1.165) is 18.0 Å². The van der Waals surface area contributed by atoms with Gasteiger partial charge in [0.15, 0.2) is 0 Å². The molecule has 0 bridgehead atoms. The highest BCUT2D eigenvalue weighted by Gasteiger charge is 2.30. The molecule has 1 unspecified atom stereocenters. The number of hydrogen-bond acceptors (Lipinski definition) is 3. The molecule has 0 N–H and O–H groups in total. The van der Waals surface area contributed by atoms with Gasteiger partial charge in [0.05, 0.1) is 0 Å². The summed E-state index contributed by atoms with van der Waals surface area (Å²) in [6.45, 7) is 3.08. The second-order valence-electron chi connectivity index (χ2n) is 4.62. The lowest BCUT2D eigenvalue weighted by atomic mass is 10.1. The first-order valence-corrected chi connectivity index (χ1v) is 5.76. The van der Waals surface area contributed by atoms with Crippen molar-refractivity contribution >= 4 is 0 Å². The fourth-order valence-electron chi connectivity index (χ4n) is 2.02. The van der Waals surface area contributed by atoms with Crippen LogP contribution in [0.25, 0.3) is 0 Å². The van der Waals surface area contributed by atoms with Crippen LogP contribution in [0.4, 0.5) is 0 Å². The minimum absolute atomic E-state index is 0.553.